The van der Waals surface area contributed by atoms with Gasteiger partial charge in [0.25, 0.3) is 10.0 Å². The Labute approximate surface area is 192 Å². The van der Waals surface area contributed by atoms with Gasteiger partial charge in [-0.15, -0.1) is 0 Å². The third kappa shape index (κ3) is 4.03. The van der Waals surface area contributed by atoms with Gasteiger partial charge in [-0.25, -0.2) is 4.98 Å². The maximum absolute atomic E-state index is 13.3. The molecule has 2 aromatic carbocycles. The third-order valence-electron chi connectivity index (χ3n) is 5.26. The second kappa shape index (κ2) is 8.37. The van der Waals surface area contributed by atoms with Gasteiger partial charge >= 0.3 is 6.61 Å². The molecule has 0 saturated heterocycles. The molecular formula is C22H17F2N5O4S. The van der Waals surface area contributed by atoms with Crippen LogP contribution >= 0.6 is 0 Å². The summed E-state index contributed by atoms with van der Waals surface area (Å²) >= 11 is 0. The molecule has 2 aromatic heterocycles. The lowest BCUT2D eigenvalue weighted by Crippen LogP contribution is -2.18. The number of para-hydroxylation sites is 1. The number of aryl methyl sites for hydroxylation is 1. The van der Waals surface area contributed by atoms with Crippen molar-refractivity contribution in [3.8, 4) is 5.75 Å². The van der Waals surface area contributed by atoms with Crippen LogP contribution < -0.4 is 15.4 Å². The van der Waals surface area contributed by atoms with Crippen LogP contribution in [0.25, 0.3) is 10.9 Å². The number of halogens is 2. The fourth-order valence-corrected chi connectivity index (χ4v) is 5.11. The van der Waals surface area contributed by atoms with Gasteiger partial charge in [-0.3, -0.25) is 4.79 Å². The molecule has 9 nitrogen and oxygen atoms in total. The molecule has 2 N–H and O–H groups in total. The van der Waals surface area contributed by atoms with Crippen LogP contribution in [0.2, 0.25) is 0 Å². The van der Waals surface area contributed by atoms with E-state index in [0.29, 0.717) is 29.7 Å². The second-order valence-electron chi connectivity index (χ2n) is 7.49. The van der Waals surface area contributed by atoms with Crippen LogP contribution in [0.3, 0.4) is 0 Å². The summed E-state index contributed by atoms with van der Waals surface area (Å²) in [4.78, 5) is 15.4. The Kier molecular flexibility index (Phi) is 5.36. The zero-order chi connectivity index (χ0) is 23.9. The van der Waals surface area contributed by atoms with E-state index in [-0.39, 0.29) is 11.4 Å². The van der Waals surface area contributed by atoms with Crippen molar-refractivity contribution in [2.24, 2.45) is 0 Å². The number of nitrogens with zero attached hydrogens (tertiary/aromatic N) is 3. The number of carbonyl (C=O) groups excluding carboxylic acids is 1. The highest BCUT2D eigenvalue weighted by molar-refractivity contribution is 7.90. The van der Waals surface area contributed by atoms with Crippen LogP contribution in [-0.4, -0.2) is 35.1 Å². The van der Waals surface area contributed by atoms with Crippen molar-refractivity contribution in [2.45, 2.75) is 24.3 Å². The molecule has 1 amide bonds. The van der Waals surface area contributed by atoms with Gasteiger partial charge in [0.2, 0.25) is 5.91 Å². The highest BCUT2D eigenvalue weighted by Gasteiger charge is 2.26. The van der Waals surface area contributed by atoms with Gasteiger partial charge in [0.05, 0.1) is 11.7 Å². The topological polar surface area (TPSA) is 115 Å². The number of benzene rings is 2. The number of pyridine rings is 1. The summed E-state index contributed by atoms with van der Waals surface area (Å²) in [5, 5.41) is 10.3. The van der Waals surface area contributed by atoms with E-state index >= 15 is 0 Å². The molecule has 5 rings (SSSR count). The van der Waals surface area contributed by atoms with Gasteiger partial charge in [-0.2, -0.15) is 26.4 Å². The summed E-state index contributed by atoms with van der Waals surface area (Å²) in [6, 6.07) is 12.1. The minimum absolute atomic E-state index is 0.0321. The van der Waals surface area contributed by atoms with Crippen molar-refractivity contribution in [1.82, 2.24) is 14.2 Å². The number of rotatable bonds is 6. The molecule has 34 heavy (non-hydrogen) atoms. The van der Waals surface area contributed by atoms with E-state index < -0.39 is 27.3 Å². The van der Waals surface area contributed by atoms with E-state index in [1.165, 1.54) is 36.7 Å². The normalized spacial score (nSPS) is 13.6. The quantitative estimate of drug-likeness (QED) is 0.426. The number of fused-ring (bicyclic) bond motifs is 2. The van der Waals surface area contributed by atoms with Gasteiger partial charge in [0, 0.05) is 35.4 Å². The Balaban J connectivity index is 1.50. The van der Waals surface area contributed by atoms with Gasteiger partial charge in [-0.05, 0) is 42.3 Å². The number of ether oxygens (including phenoxy) is 1. The molecule has 1 aliphatic heterocycles. The first-order chi connectivity index (χ1) is 16.3. The van der Waals surface area contributed by atoms with Crippen LogP contribution in [0.1, 0.15) is 12.0 Å². The van der Waals surface area contributed by atoms with E-state index in [4.69, 9.17) is 0 Å². The SMILES string of the molecule is O=C1CCc2cc(Nc3cc4c(cn3)cnn4S(=O)(=O)c3ccccc3OC(F)F)ccc2N1. The van der Waals surface area contributed by atoms with E-state index in [2.05, 4.69) is 25.5 Å². The number of hydrogen-bond acceptors (Lipinski definition) is 7. The predicted octanol–water partition coefficient (Wildman–Crippen LogP) is 3.90. The van der Waals surface area contributed by atoms with Crippen molar-refractivity contribution in [3.05, 3.63) is 66.5 Å². The molecule has 0 unspecified atom stereocenters. The average Bonchev–Trinajstić information content (AvgIpc) is 3.23. The Morgan fingerprint density at radius 1 is 1.09 bits per heavy atom. The first-order valence-corrected chi connectivity index (χ1v) is 11.6. The molecule has 0 spiro atoms. The van der Waals surface area contributed by atoms with Gasteiger partial charge in [0.15, 0.2) is 0 Å². The van der Waals surface area contributed by atoms with Gasteiger partial charge in [-0.1, -0.05) is 12.1 Å². The molecule has 12 heteroatoms. The number of amides is 1. The molecule has 0 atom stereocenters. The lowest BCUT2D eigenvalue weighted by Gasteiger charge is -2.18. The summed E-state index contributed by atoms with van der Waals surface area (Å²) in [5.74, 6) is -0.161. The lowest BCUT2D eigenvalue weighted by molar-refractivity contribution is -0.116. The molecule has 3 heterocycles. The van der Waals surface area contributed by atoms with Crippen molar-refractivity contribution in [1.29, 1.82) is 0 Å². The summed E-state index contributed by atoms with van der Waals surface area (Å²) in [7, 11) is -4.35. The number of alkyl halides is 2. The minimum atomic E-state index is -4.35. The molecule has 0 aliphatic carbocycles. The average molecular weight is 485 g/mol. The van der Waals surface area contributed by atoms with Crippen molar-refractivity contribution >= 4 is 44.0 Å². The van der Waals surface area contributed by atoms with Crippen LogP contribution in [0.15, 0.2) is 65.8 Å². The monoisotopic (exact) mass is 485 g/mol. The summed E-state index contributed by atoms with van der Waals surface area (Å²) in [6.07, 6.45) is 3.78. The van der Waals surface area contributed by atoms with Gasteiger partial charge in [0.1, 0.15) is 16.5 Å². The number of hydrogen-bond donors (Lipinski definition) is 2. The van der Waals surface area contributed by atoms with Crippen molar-refractivity contribution < 1.29 is 26.7 Å². The van der Waals surface area contributed by atoms with E-state index in [1.807, 2.05) is 6.07 Å². The minimum Gasteiger partial charge on any atom is -0.433 e. The number of aromatic nitrogens is 3. The van der Waals surface area contributed by atoms with Crippen LogP contribution in [0.4, 0.5) is 26.0 Å². The third-order valence-corrected chi connectivity index (χ3v) is 6.90. The fraction of sp³-hybridized carbons (Fsp3) is 0.136. The molecule has 0 bridgehead atoms. The van der Waals surface area contributed by atoms with E-state index in [0.717, 1.165) is 21.4 Å². The maximum Gasteiger partial charge on any atom is 0.387 e. The summed E-state index contributed by atoms with van der Waals surface area (Å²) in [5.41, 5.74) is 2.62. The zero-order valence-electron chi connectivity index (χ0n) is 17.4. The van der Waals surface area contributed by atoms with E-state index in [9.17, 15) is 22.0 Å². The summed E-state index contributed by atoms with van der Waals surface area (Å²) in [6.45, 7) is -3.18. The molecule has 174 valence electrons. The standard InChI is InChI=1S/C22H17F2N5O4S/c23-22(24)33-18-3-1-2-4-19(18)34(31,32)29-17-10-20(25-11-14(17)12-26-29)27-15-6-7-16-13(9-15)5-8-21(30)28-16/h1-4,6-7,9-12,22H,5,8H2,(H,25,27)(H,28,30). The smallest absolute Gasteiger partial charge is 0.387 e. The zero-order valence-corrected chi connectivity index (χ0v) is 18.2. The molecule has 1 aliphatic rings. The Bertz CT molecular complexity index is 1520. The Morgan fingerprint density at radius 2 is 1.91 bits per heavy atom. The lowest BCUT2D eigenvalue weighted by atomic mass is 10.0. The Morgan fingerprint density at radius 3 is 2.74 bits per heavy atom. The number of anilines is 3. The van der Waals surface area contributed by atoms with Crippen molar-refractivity contribution in [2.75, 3.05) is 10.6 Å². The molecule has 0 saturated carbocycles. The first kappa shape index (κ1) is 21.8. The first-order valence-electron chi connectivity index (χ1n) is 10.1. The second-order valence-corrected chi connectivity index (χ2v) is 9.23. The van der Waals surface area contributed by atoms with Crippen LogP contribution in [0, 0.1) is 0 Å². The number of nitrogens with one attached hydrogen (secondary N) is 2. The number of carbonyl (C=O) groups is 1. The van der Waals surface area contributed by atoms with Crippen LogP contribution in [-0.2, 0) is 21.2 Å². The van der Waals surface area contributed by atoms with Crippen LogP contribution in [0.5, 0.6) is 5.75 Å². The van der Waals surface area contributed by atoms with Crippen molar-refractivity contribution in [3.63, 3.8) is 0 Å². The summed E-state index contributed by atoms with van der Waals surface area (Å²) < 4.78 is 57.3. The van der Waals surface area contributed by atoms with E-state index in [1.54, 1.807) is 12.1 Å². The largest absolute Gasteiger partial charge is 0.433 e. The highest BCUT2D eigenvalue weighted by atomic mass is 32.2. The molecule has 0 radical (unpaired) electrons. The highest BCUT2D eigenvalue weighted by Crippen LogP contribution is 2.30. The molecular weight excluding hydrogens is 468 g/mol. The van der Waals surface area contributed by atoms with Gasteiger partial charge < -0.3 is 15.4 Å². The predicted molar refractivity (Wildman–Crippen MR) is 120 cm³/mol. The molecule has 0 fully saturated rings. The fourth-order valence-electron chi connectivity index (χ4n) is 3.72. The molecule has 4 aromatic rings. The maximum atomic E-state index is 13.3. The Hall–Kier alpha value is -4.06.